The van der Waals surface area contributed by atoms with Crippen LogP contribution in [0.15, 0.2) is 67.0 Å². The third-order valence-corrected chi connectivity index (χ3v) is 5.64. The molecule has 0 amide bonds. The van der Waals surface area contributed by atoms with Gasteiger partial charge < -0.3 is 4.57 Å². The van der Waals surface area contributed by atoms with Gasteiger partial charge in [0.1, 0.15) is 12.1 Å². The van der Waals surface area contributed by atoms with Crippen molar-refractivity contribution in [1.29, 1.82) is 10.5 Å². The first-order valence-corrected chi connectivity index (χ1v) is 10.2. The van der Waals surface area contributed by atoms with Crippen LogP contribution >= 0.6 is 0 Å². The van der Waals surface area contributed by atoms with E-state index in [2.05, 4.69) is 16.0 Å². The van der Waals surface area contributed by atoms with E-state index in [9.17, 15) is 18.4 Å². The van der Waals surface area contributed by atoms with E-state index in [4.69, 9.17) is 5.26 Å². The second kappa shape index (κ2) is 7.72. The van der Waals surface area contributed by atoms with E-state index in [1.165, 1.54) is 18.5 Å². The predicted molar refractivity (Wildman–Crippen MR) is 121 cm³/mol. The number of hydrogen-bond acceptors (Lipinski definition) is 4. The lowest BCUT2D eigenvalue weighted by Crippen LogP contribution is -2.04. The van der Waals surface area contributed by atoms with Crippen molar-refractivity contribution >= 4 is 21.8 Å². The van der Waals surface area contributed by atoms with Crippen molar-refractivity contribution in [2.45, 2.75) is 13.1 Å². The summed E-state index contributed by atoms with van der Waals surface area (Å²) in [5.41, 5.74) is 3.19. The van der Waals surface area contributed by atoms with Gasteiger partial charge in [0.15, 0.2) is 5.82 Å². The molecular formula is C26H14F3N5. The molecule has 34 heavy (non-hydrogen) atoms. The van der Waals surface area contributed by atoms with Crippen molar-refractivity contribution in [2.75, 3.05) is 0 Å². The monoisotopic (exact) mass is 453 g/mol. The van der Waals surface area contributed by atoms with Gasteiger partial charge in [-0.15, -0.1) is 0 Å². The molecule has 0 bridgehead atoms. The van der Waals surface area contributed by atoms with Gasteiger partial charge in [-0.3, -0.25) is 0 Å². The quantitative estimate of drug-likeness (QED) is 0.314. The van der Waals surface area contributed by atoms with Gasteiger partial charge in [0, 0.05) is 28.7 Å². The summed E-state index contributed by atoms with van der Waals surface area (Å²) in [5.74, 6) is 0.356. The number of nitrogens with zero attached hydrogens (tertiary/aromatic N) is 5. The maximum absolute atomic E-state index is 13.4. The van der Waals surface area contributed by atoms with Gasteiger partial charge in [0.05, 0.1) is 33.4 Å². The van der Waals surface area contributed by atoms with E-state index in [-0.39, 0.29) is 0 Å². The van der Waals surface area contributed by atoms with Crippen molar-refractivity contribution in [3.63, 3.8) is 0 Å². The number of rotatable bonds is 2. The number of fused-ring (bicyclic) bond motifs is 3. The standard InChI is InChI=1S/C26H14F3N5/c1-15-2-5-23-20(8-15)21-10-19(26(27,28)29)4-7-24(21)34(23)22-6-3-17(9-18(22)12-31)25-32-13-16(11-30)14-33-25/h2-10,13-14H,1H3. The molecule has 5 rings (SSSR count). The molecule has 0 N–H and O–H groups in total. The molecule has 3 aromatic carbocycles. The molecule has 164 valence electrons. The van der Waals surface area contributed by atoms with Crippen molar-refractivity contribution in [3.8, 4) is 29.2 Å². The molecule has 0 aliphatic rings. The molecule has 2 aromatic heterocycles. The van der Waals surface area contributed by atoms with E-state index < -0.39 is 11.7 Å². The van der Waals surface area contributed by atoms with E-state index in [0.29, 0.717) is 50.0 Å². The second-order valence-electron chi connectivity index (χ2n) is 7.84. The first kappa shape index (κ1) is 21.2. The third kappa shape index (κ3) is 3.42. The van der Waals surface area contributed by atoms with Gasteiger partial charge in [0.25, 0.3) is 0 Å². The molecule has 0 fully saturated rings. The zero-order chi connectivity index (χ0) is 24.0. The van der Waals surface area contributed by atoms with E-state index >= 15 is 0 Å². The SMILES string of the molecule is Cc1ccc2c(c1)c1cc(C(F)(F)F)ccc1n2-c1ccc(-c2ncc(C#N)cn2)cc1C#N. The van der Waals surface area contributed by atoms with Crippen LogP contribution in [0, 0.1) is 29.6 Å². The molecule has 0 spiro atoms. The van der Waals surface area contributed by atoms with Gasteiger partial charge in [-0.25, -0.2) is 9.97 Å². The third-order valence-electron chi connectivity index (χ3n) is 5.64. The van der Waals surface area contributed by atoms with Crippen LogP contribution in [0.5, 0.6) is 0 Å². The van der Waals surface area contributed by atoms with Gasteiger partial charge >= 0.3 is 6.18 Å². The van der Waals surface area contributed by atoms with Crippen molar-refractivity contribution in [3.05, 3.63) is 89.2 Å². The molecule has 0 atom stereocenters. The molecule has 0 unspecified atom stereocenters. The Morgan fingerprint density at radius 3 is 2.15 bits per heavy atom. The summed E-state index contributed by atoms with van der Waals surface area (Å²) in [4.78, 5) is 8.35. The van der Waals surface area contributed by atoms with Gasteiger partial charge in [0.2, 0.25) is 0 Å². The number of benzene rings is 3. The average Bonchev–Trinajstić information content (AvgIpc) is 3.16. The molecule has 0 saturated heterocycles. The van der Waals surface area contributed by atoms with Crippen LogP contribution in [0.3, 0.4) is 0 Å². The lowest BCUT2D eigenvalue weighted by Gasteiger charge is -2.12. The number of alkyl halides is 3. The highest BCUT2D eigenvalue weighted by Gasteiger charge is 2.31. The predicted octanol–water partition coefficient (Wildman–Crippen LogP) is 6.31. The van der Waals surface area contributed by atoms with Crippen LogP contribution in [0.1, 0.15) is 22.3 Å². The minimum Gasteiger partial charge on any atom is -0.308 e. The number of hydrogen-bond donors (Lipinski definition) is 0. The van der Waals surface area contributed by atoms with Crippen LogP contribution in [0.25, 0.3) is 38.9 Å². The van der Waals surface area contributed by atoms with Crippen LogP contribution in [0.4, 0.5) is 13.2 Å². The van der Waals surface area contributed by atoms with Crippen LogP contribution in [-0.4, -0.2) is 14.5 Å². The Kier molecular flexibility index (Phi) is 4.80. The molecular weight excluding hydrogens is 439 g/mol. The van der Waals surface area contributed by atoms with Crippen LogP contribution < -0.4 is 0 Å². The summed E-state index contributed by atoms with van der Waals surface area (Å²) < 4.78 is 42.1. The lowest BCUT2D eigenvalue weighted by molar-refractivity contribution is -0.137. The van der Waals surface area contributed by atoms with Gasteiger partial charge in [-0.1, -0.05) is 11.6 Å². The highest BCUT2D eigenvalue weighted by Crippen LogP contribution is 2.38. The fraction of sp³-hybridized carbons (Fsp3) is 0.0769. The summed E-state index contributed by atoms with van der Waals surface area (Å²) in [6, 6.07) is 18.5. The normalized spacial score (nSPS) is 11.5. The van der Waals surface area contributed by atoms with Crippen molar-refractivity contribution < 1.29 is 13.2 Å². The largest absolute Gasteiger partial charge is 0.416 e. The number of nitriles is 2. The molecule has 2 heterocycles. The Morgan fingerprint density at radius 2 is 1.50 bits per heavy atom. The average molecular weight is 453 g/mol. The first-order chi connectivity index (χ1) is 16.3. The van der Waals surface area contributed by atoms with Gasteiger partial charge in [-0.2, -0.15) is 23.7 Å². The maximum Gasteiger partial charge on any atom is 0.416 e. The van der Waals surface area contributed by atoms with Crippen LogP contribution in [0.2, 0.25) is 0 Å². The fourth-order valence-electron chi connectivity index (χ4n) is 4.07. The van der Waals surface area contributed by atoms with Crippen LogP contribution in [-0.2, 0) is 6.18 Å². The molecule has 5 aromatic rings. The fourth-order valence-corrected chi connectivity index (χ4v) is 4.07. The van der Waals surface area contributed by atoms with Gasteiger partial charge in [-0.05, 0) is 55.5 Å². The highest BCUT2D eigenvalue weighted by molar-refractivity contribution is 6.10. The smallest absolute Gasteiger partial charge is 0.308 e. The van der Waals surface area contributed by atoms with E-state index in [1.807, 2.05) is 31.2 Å². The van der Waals surface area contributed by atoms with E-state index in [1.54, 1.807) is 22.8 Å². The summed E-state index contributed by atoms with van der Waals surface area (Å²) in [5, 5.41) is 20.0. The zero-order valence-corrected chi connectivity index (χ0v) is 17.7. The molecule has 0 saturated carbocycles. The maximum atomic E-state index is 13.4. The topological polar surface area (TPSA) is 78.3 Å². The summed E-state index contributed by atoms with van der Waals surface area (Å²) in [6.07, 6.45) is -1.67. The molecule has 0 aliphatic heterocycles. The Labute approximate surface area is 192 Å². The Hall–Kier alpha value is -4.69. The molecule has 0 aliphatic carbocycles. The Morgan fingerprint density at radius 1 is 0.824 bits per heavy atom. The summed E-state index contributed by atoms with van der Waals surface area (Å²) >= 11 is 0. The number of halogens is 3. The molecule has 8 heteroatoms. The minimum atomic E-state index is -4.47. The number of aromatic nitrogens is 3. The number of aryl methyl sites for hydroxylation is 1. The summed E-state index contributed by atoms with van der Waals surface area (Å²) in [7, 11) is 0. The molecule has 0 radical (unpaired) electrons. The Balaban J connectivity index is 1.76. The highest BCUT2D eigenvalue weighted by atomic mass is 19.4. The zero-order valence-electron chi connectivity index (χ0n) is 17.7. The summed E-state index contributed by atoms with van der Waals surface area (Å²) in [6.45, 7) is 1.88. The second-order valence-corrected chi connectivity index (χ2v) is 7.84. The lowest BCUT2D eigenvalue weighted by atomic mass is 10.1. The van der Waals surface area contributed by atoms with Crippen molar-refractivity contribution in [1.82, 2.24) is 14.5 Å². The Bertz CT molecular complexity index is 1670. The van der Waals surface area contributed by atoms with E-state index in [0.717, 1.165) is 17.7 Å². The van der Waals surface area contributed by atoms with Crippen molar-refractivity contribution in [2.24, 2.45) is 0 Å². The molecule has 5 nitrogen and oxygen atoms in total. The first-order valence-electron chi connectivity index (χ1n) is 10.2. The minimum absolute atomic E-state index is 0.310.